The Balaban J connectivity index is 1.52. The largest absolute Gasteiger partial charge is 0.392 e. The van der Waals surface area contributed by atoms with Crippen LogP contribution in [-0.4, -0.2) is 42.0 Å². The third kappa shape index (κ3) is 1.66. The first kappa shape index (κ1) is 15.9. The monoisotopic (exact) mass is 345 g/mol. The van der Waals surface area contributed by atoms with Gasteiger partial charge in [-0.15, -0.1) is 0 Å². The Morgan fingerprint density at radius 1 is 1.08 bits per heavy atom. The molecule has 7 rings (SSSR count). The lowest BCUT2D eigenvalue weighted by atomic mass is 9.34. The Labute approximate surface area is 152 Å². The molecule has 3 heteroatoms. The molecule has 2 aliphatic heterocycles. The fourth-order valence-corrected chi connectivity index (χ4v) is 9.62. The molecule has 140 valence electrons. The number of fused-ring (bicyclic) bond motifs is 3. The van der Waals surface area contributed by atoms with Gasteiger partial charge in [-0.3, -0.25) is 4.90 Å². The van der Waals surface area contributed by atoms with Crippen LogP contribution >= 0.6 is 0 Å². The molecule has 2 heterocycles. The molecular formula is C22H35NO2. The molecule has 5 saturated carbocycles. The Hall–Kier alpha value is -0.120. The van der Waals surface area contributed by atoms with Crippen molar-refractivity contribution < 1.29 is 9.84 Å². The summed E-state index contributed by atoms with van der Waals surface area (Å²) < 4.78 is 6.51. The summed E-state index contributed by atoms with van der Waals surface area (Å²) in [5.74, 6) is 2.79. The van der Waals surface area contributed by atoms with Crippen LogP contribution < -0.4 is 0 Å². The first-order valence-electron chi connectivity index (χ1n) is 11.1. The molecule has 0 radical (unpaired) electrons. The fourth-order valence-electron chi connectivity index (χ4n) is 9.62. The Kier molecular flexibility index (Phi) is 3.07. The molecule has 0 aromatic heterocycles. The molecule has 1 spiro atoms. The molecule has 4 bridgehead atoms. The average Bonchev–Trinajstić information content (AvgIpc) is 3.06. The number of rotatable bonds is 0. The van der Waals surface area contributed by atoms with Crippen LogP contribution in [0.4, 0.5) is 0 Å². The minimum absolute atomic E-state index is 0.0645. The molecule has 7 fully saturated rings. The summed E-state index contributed by atoms with van der Waals surface area (Å²) >= 11 is 0. The highest BCUT2D eigenvalue weighted by atomic mass is 16.5. The Morgan fingerprint density at radius 3 is 2.80 bits per heavy atom. The van der Waals surface area contributed by atoms with Crippen LogP contribution in [-0.2, 0) is 4.74 Å². The molecule has 1 unspecified atom stereocenters. The smallest absolute Gasteiger partial charge is 0.117 e. The number of hydrogen-bond donors (Lipinski definition) is 1. The zero-order valence-corrected chi connectivity index (χ0v) is 16.0. The van der Waals surface area contributed by atoms with Crippen molar-refractivity contribution in [1.82, 2.24) is 4.90 Å². The van der Waals surface area contributed by atoms with Gasteiger partial charge < -0.3 is 9.84 Å². The molecule has 7 aliphatic rings. The van der Waals surface area contributed by atoms with E-state index in [0.717, 1.165) is 25.0 Å². The summed E-state index contributed by atoms with van der Waals surface area (Å²) in [6.45, 7) is 8.25. The number of piperidine rings is 1. The molecule has 3 nitrogen and oxygen atoms in total. The summed E-state index contributed by atoms with van der Waals surface area (Å²) in [5.41, 5.74) is 1.02. The summed E-state index contributed by atoms with van der Waals surface area (Å²) in [6, 6.07) is 0. The van der Waals surface area contributed by atoms with Crippen molar-refractivity contribution in [3.63, 3.8) is 0 Å². The van der Waals surface area contributed by atoms with Crippen LogP contribution in [0.3, 0.4) is 0 Å². The van der Waals surface area contributed by atoms with Crippen molar-refractivity contribution in [2.24, 2.45) is 39.9 Å². The quantitative estimate of drug-likeness (QED) is 0.727. The maximum Gasteiger partial charge on any atom is 0.117 e. The predicted octanol–water partition coefficient (Wildman–Crippen LogP) is 3.66. The molecule has 2 saturated heterocycles. The van der Waals surface area contributed by atoms with E-state index in [1.54, 1.807) is 0 Å². The first-order valence-corrected chi connectivity index (χ1v) is 11.1. The molecule has 9 atom stereocenters. The van der Waals surface area contributed by atoms with E-state index in [9.17, 15) is 5.11 Å². The zero-order valence-electron chi connectivity index (χ0n) is 16.0. The number of hydrogen-bond acceptors (Lipinski definition) is 3. The maximum absolute atomic E-state index is 11.4. The van der Waals surface area contributed by atoms with E-state index in [1.807, 2.05) is 0 Å². The predicted molar refractivity (Wildman–Crippen MR) is 96.9 cm³/mol. The van der Waals surface area contributed by atoms with Crippen LogP contribution in [0, 0.1) is 39.9 Å². The highest BCUT2D eigenvalue weighted by molar-refractivity contribution is 5.21. The van der Waals surface area contributed by atoms with E-state index in [2.05, 4.69) is 18.7 Å². The van der Waals surface area contributed by atoms with Crippen LogP contribution in [0.15, 0.2) is 0 Å². The van der Waals surface area contributed by atoms with Gasteiger partial charge in [-0.2, -0.15) is 0 Å². The van der Waals surface area contributed by atoms with Gasteiger partial charge in [0.15, 0.2) is 0 Å². The summed E-state index contributed by atoms with van der Waals surface area (Å²) in [7, 11) is 0. The summed E-state index contributed by atoms with van der Waals surface area (Å²) in [4.78, 5) is 2.72. The van der Waals surface area contributed by atoms with Gasteiger partial charge in [-0.05, 0) is 74.0 Å². The number of aliphatic hydroxyl groups is 1. The second-order valence-electron chi connectivity index (χ2n) is 11.0. The molecule has 0 aromatic carbocycles. The topological polar surface area (TPSA) is 32.7 Å². The Bertz CT molecular complexity index is 595. The normalized spacial score (nSPS) is 63.0. The summed E-state index contributed by atoms with van der Waals surface area (Å²) in [6.07, 6.45) is 11.1. The van der Waals surface area contributed by atoms with Crippen molar-refractivity contribution in [1.29, 1.82) is 0 Å². The highest BCUT2D eigenvalue weighted by Crippen LogP contribution is 2.75. The van der Waals surface area contributed by atoms with Crippen molar-refractivity contribution in [2.75, 3.05) is 19.7 Å². The van der Waals surface area contributed by atoms with Crippen molar-refractivity contribution in [2.45, 2.75) is 77.5 Å². The molecule has 1 N–H and O–H groups in total. The number of nitrogens with zero attached hydrogens (tertiary/aromatic N) is 1. The minimum atomic E-state index is -0.0645. The third-order valence-electron chi connectivity index (χ3n) is 10.4. The second kappa shape index (κ2) is 4.83. The molecule has 0 amide bonds. The lowest BCUT2D eigenvalue weighted by Gasteiger charge is -2.74. The Morgan fingerprint density at radius 2 is 1.92 bits per heavy atom. The van der Waals surface area contributed by atoms with Crippen LogP contribution in [0.5, 0.6) is 0 Å². The second-order valence-corrected chi connectivity index (χ2v) is 11.0. The minimum Gasteiger partial charge on any atom is -0.392 e. The SMILES string of the molecule is C[C@@H]1[C@H]2CC[C@@]3(CC[C@@H]4[C@@]5(C)CCC[C@@]4(C4OCCN4C5)[C@@H]3C2)[C@@H]1O. The molecule has 5 aliphatic carbocycles. The van der Waals surface area contributed by atoms with E-state index >= 15 is 0 Å². The third-order valence-corrected chi connectivity index (χ3v) is 10.4. The van der Waals surface area contributed by atoms with Crippen molar-refractivity contribution in [3.05, 3.63) is 0 Å². The molecule has 0 aromatic rings. The van der Waals surface area contributed by atoms with Gasteiger partial charge in [0.1, 0.15) is 6.23 Å². The van der Waals surface area contributed by atoms with Gasteiger partial charge in [0.25, 0.3) is 0 Å². The van der Waals surface area contributed by atoms with Crippen LogP contribution in [0.2, 0.25) is 0 Å². The first-order chi connectivity index (χ1) is 12.0. The van der Waals surface area contributed by atoms with E-state index in [1.165, 1.54) is 57.9 Å². The fraction of sp³-hybridized carbons (Fsp3) is 1.00. The standard InChI is InChI=1S/C22H35NO2/c1-14-15-4-8-21(18(14)24)9-5-16-20(2)6-3-7-22(16,17(21)12-15)19-23(13-20)10-11-25-19/h14-19,24H,3-13H2,1-2H3/t14-,15+,16-,17-,18-,19?,20+,21+,22+/m1/s1. The number of aliphatic hydroxyl groups excluding tert-OH is 1. The van der Waals surface area contributed by atoms with E-state index in [-0.39, 0.29) is 11.5 Å². The van der Waals surface area contributed by atoms with Gasteiger partial charge >= 0.3 is 0 Å². The number of ether oxygens (including phenoxy) is 1. The molecular weight excluding hydrogens is 310 g/mol. The van der Waals surface area contributed by atoms with Gasteiger partial charge in [-0.1, -0.05) is 20.3 Å². The van der Waals surface area contributed by atoms with E-state index < -0.39 is 0 Å². The van der Waals surface area contributed by atoms with Gasteiger partial charge in [0, 0.05) is 23.9 Å². The maximum atomic E-state index is 11.4. The molecule has 25 heavy (non-hydrogen) atoms. The lowest BCUT2D eigenvalue weighted by Crippen LogP contribution is -2.74. The van der Waals surface area contributed by atoms with Gasteiger partial charge in [-0.25, -0.2) is 0 Å². The zero-order chi connectivity index (χ0) is 17.0. The van der Waals surface area contributed by atoms with Gasteiger partial charge in [0.05, 0.1) is 12.7 Å². The highest BCUT2D eigenvalue weighted by Gasteiger charge is 2.73. The van der Waals surface area contributed by atoms with Crippen LogP contribution in [0.25, 0.3) is 0 Å². The lowest BCUT2D eigenvalue weighted by molar-refractivity contribution is -0.306. The van der Waals surface area contributed by atoms with Crippen molar-refractivity contribution in [3.8, 4) is 0 Å². The van der Waals surface area contributed by atoms with E-state index in [0.29, 0.717) is 28.9 Å². The van der Waals surface area contributed by atoms with E-state index in [4.69, 9.17) is 4.74 Å². The van der Waals surface area contributed by atoms with Gasteiger partial charge in [0.2, 0.25) is 0 Å². The van der Waals surface area contributed by atoms with Crippen LogP contribution in [0.1, 0.15) is 65.2 Å². The average molecular weight is 346 g/mol. The summed E-state index contributed by atoms with van der Waals surface area (Å²) in [5, 5.41) is 11.4. The van der Waals surface area contributed by atoms with Crippen molar-refractivity contribution >= 4 is 0 Å².